The Morgan fingerprint density at radius 3 is 2.48 bits per heavy atom. The van der Waals surface area contributed by atoms with E-state index in [2.05, 4.69) is 21.7 Å². The van der Waals surface area contributed by atoms with Gasteiger partial charge >= 0.3 is 0 Å². The van der Waals surface area contributed by atoms with Crippen LogP contribution < -0.4 is 10.6 Å². The van der Waals surface area contributed by atoms with Gasteiger partial charge in [0.25, 0.3) is 5.91 Å². The Bertz CT molecular complexity index is 963. The Morgan fingerprint density at radius 2 is 1.78 bits per heavy atom. The van der Waals surface area contributed by atoms with Crippen molar-refractivity contribution in [2.45, 2.75) is 6.42 Å². The van der Waals surface area contributed by atoms with Gasteiger partial charge in [-0.15, -0.1) is 0 Å². The number of hydrogen-bond acceptors (Lipinski definition) is 4. The minimum atomic E-state index is -0.229. The molecule has 0 bridgehead atoms. The molecule has 3 aromatic rings. The van der Waals surface area contributed by atoms with E-state index in [1.54, 1.807) is 30.5 Å². The maximum atomic E-state index is 12.3. The number of pyridine rings is 1. The molecule has 0 atom stereocenters. The lowest BCUT2D eigenvalue weighted by Crippen LogP contribution is -2.26. The summed E-state index contributed by atoms with van der Waals surface area (Å²) in [5.74, 6) is -0.229. The Kier molecular flexibility index (Phi) is 6.03. The largest absolute Gasteiger partial charge is 0.355 e. The Balaban J connectivity index is 1.57. The van der Waals surface area contributed by atoms with E-state index in [4.69, 9.17) is 16.9 Å². The van der Waals surface area contributed by atoms with Gasteiger partial charge in [-0.3, -0.25) is 9.78 Å². The van der Waals surface area contributed by atoms with Gasteiger partial charge in [-0.05, 0) is 60.5 Å². The standard InChI is InChI=1S/C21H17ClN4O/c22-17-5-1-15(2-6-17)9-11-25-21(27)20-13-19(10-12-24-20)26-18-7-3-16(14-23)4-8-18/h1-8,10,12-13H,9,11H2,(H,24,26)(H,25,27). The van der Waals surface area contributed by atoms with Crippen molar-refractivity contribution in [3.8, 4) is 6.07 Å². The molecule has 6 heteroatoms. The van der Waals surface area contributed by atoms with Crippen LogP contribution in [-0.2, 0) is 6.42 Å². The van der Waals surface area contributed by atoms with E-state index >= 15 is 0 Å². The molecule has 2 N–H and O–H groups in total. The first-order chi connectivity index (χ1) is 13.1. The first-order valence-corrected chi connectivity index (χ1v) is 8.78. The number of amides is 1. The maximum Gasteiger partial charge on any atom is 0.269 e. The third kappa shape index (κ3) is 5.30. The van der Waals surface area contributed by atoms with Gasteiger partial charge in [0.2, 0.25) is 0 Å². The Hall–Kier alpha value is -3.36. The number of halogens is 1. The van der Waals surface area contributed by atoms with Crippen LogP contribution in [-0.4, -0.2) is 17.4 Å². The Morgan fingerprint density at radius 1 is 1.04 bits per heavy atom. The highest BCUT2D eigenvalue weighted by Gasteiger charge is 2.08. The molecule has 1 aromatic heterocycles. The minimum absolute atomic E-state index is 0.229. The van der Waals surface area contributed by atoms with Gasteiger partial charge in [0, 0.05) is 29.1 Å². The minimum Gasteiger partial charge on any atom is -0.355 e. The molecule has 1 heterocycles. The summed E-state index contributed by atoms with van der Waals surface area (Å²) in [5.41, 5.74) is 3.61. The van der Waals surface area contributed by atoms with E-state index in [9.17, 15) is 4.79 Å². The van der Waals surface area contributed by atoms with Crippen LogP contribution in [0.5, 0.6) is 0 Å². The van der Waals surface area contributed by atoms with Crippen LogP contribution in [0.4, 0.5) is 11.4 Å². The van der Waals surface area contributed by atoms with Crippen molar-refractivity contribution in [1.29, 1.82) is 5.26 Å². The summed E-state index contributed by atoms with van der Waals surface area (Å²) in [4.78, 5) is 16.5. The fourth-order valence-corrected chi connectivity index (χ4v) is 2.62. The van der Waals surface area contributed by atoms with Crippen LogP contribution in [0, 0.1) is 11.3 Å². The topological polar surface area (TPSA) is 77.8 Å². The highest BCUT2D eigenvalue weighted by Crippen LogP contribution is 2.17. The summed E-state index contributed by atoms with van der Waals surface area (Å²) in [6.07, 6.45) is 2.30. The van der Waals surface area contributed by atoms with Crippen molar-refractivity contribution < 1.29 is 4.79 Å². The Labute approximate surface area is 162 Å². The van der Waals surface area contributed by atoms with Gasteiger partial charge in [-0.25, -0.2) is 0 Å². The van der Waals surface area contributed by atoms with E-state index in [1.165, 1.54) is 0 Å². The third-order valence-corrected chi connectivity index (χ3v) is 4.16. The fraction of sp³-hybridized carbons (Fsp3) is 0.0952. The van der Waals surface area contributed by atoms with Crippen molar-refractivity contribution in [2.75, 3.05) is 11.9 Å². The lowest BCUT2D eigenvalue weighted by Gasteiger charge is -2.09. The molecule has 0 fully saturated rings. The molecule has 0 unspecified atom stereocenters. The molecule has 0 aliphatic rings. The fourth-order valence-electron chi connectivity index (χ4n) is 2.49. The van der Waals surface area contributed by atoms with Crippen LogP contribution in [0.2, 0.25) is 5.02 Å². The summed E-state index contributed by atoms with van der Waals surface area (Å²) in [7, 11) is 0. The zero-order valence-corrected chi connectivity index (χ0v) is 15.2. The van der Waals surface area contributed by atoms with Crippen molar-refractivity contribution in [1.82, 2.24) is 10.3 Å². The molecular weight excluding hydrogens is 360 g/mol. The molecule has 3 rings (SSSR count). The molecule has 5 nitrogen and oxygen atoms in total. The van der Waals surface area contributed by atoms with Gasteiger partial charge in [-0.1, -0.05) is 23.7 Å². The number of aromatic nitrogens is 1. The molecular formula is C21H17ClN4O. The zero-order valence-electron chi connectivity index (χ0n) is 14.4. The molecule has 1 amide bonds. The first kappa shape index (κ1) is 18.4. The number of nitrogens with one attached hydrogen (secondary N) is 2. The highest BCUT2D eigenvalue weighted by molar-refractivity contribution is 6.30. The summed E-state index contributed by atoms with van der Waals surface area (Å²) in [6, 6.07) is 20.2. The van der Waals surface area contributed by atoms with Gasteiger partial charge in [0.15, 0.2) is 0 Å². The summed E-state index contributed by atoms with van der Waals surface area (Å²) < 4.78 is 0. The second kappa shape index (κ2) is 8.84. The number of anilines is 2. The summed E-state index contributed by atoms with van der Waals surface area (Å²) in [5, 5.41) is 15.6. The van der Waals surface area contributed by atoms with Gasteiger partial charge < -0.3 is 10.6 Å². The number of nitriles is 1. The van der Waals surface area contributed by atoms with Crippen molar-refractivity contribution in [3.05, 3.63) is 88.7 Å². The predicted molar refractivity (Wildman–Crippen MR) is 106 cm³/mol. The second-order valence-electron chi connectivity index (χ2n) is 5.88. The number of carbonyl (C=O) groups is 1. The molecule has 0 radical (unpaired) electrons. The normalized spacial score (nSPS) is 10.1. The summed E-state index contributed by atoms with van der Waals surface area (Å²) >= 11 is 5.87. The SMILES string of the molecule is N#Cc1ccc(Nc2ccnc(C(=O)NCCc3ccc(Cl)cc3)c2)cc1. The monoisotopic (exact) mass is 376 g/mol. The van der Waals surface area contributed by atoms with Crippen LogP contribution in [0.1, 0.15) is 21.6 Å². The quantitative estimate of drug-likeness (QED) is 0.671. The van der Waals surface area contributed by atoms with Crippen molar-refractivity contribution >= 4 is 28.9 Å². The van der Waals surface area contributed by atoms with Crippen LogP contribution in [0.15, 0.2) is 66.9 Å². The highest BCUT2D eigenvalue weighted by atomic mass is 35.5. The number of rotatable bonds is 6. The molecule has 27 heavy (non-hydrogen) atoms. The van der Waals surface area contributed by atoms with Gasteiger partial charge in [-0.2, -0.15) is 5.26 Å². The first-order valence-electron chi connectivity index (χ1n) is 8.40. The maximum absolute atomic E-state index is 12.3. The molecule has 0 saturated heterocycles. The number of carbonyl (C=O) groups excluding carboxylic acids is 1. The van der Waals surface area contributed by atoms with E-state index in [-0.39, 0.29) is 5.91 Å². The number of nitrogens with zero attached hydrogens (tertiary/aromatic N) is 2. The van der Waals surface area contributed by atoms with Crippen LogP contribution in [0.25, 0.3) is 0 Å². The number of hydrogen-bond donors (Lipinski definition) is 2. The number of benzene rings is 2. The zero-order chi connectivity index (χ0) is 19.1. The smallest absolute Gasteiger partial charge is 0.269 e. The molecule has 0 aliphatic carbocycles. The van der Waals surface area contributed by atoms with E-state index in [0.29, 0.717) is 29.2 Å². The summed E-state index contributed by atoms with van der Waals surface area (Å²) in [6.45, 7) is 0.509. The van der Waals surface area contributed by atoms with Gasteiger partial charge in [0.05, 0.1) is 11.6 Å². The molecule has 134 valence electrons. The lowest BCUT2D eigenvalue weighted by molar-refractivity contribution is 0.0949. The van der Waals surface area contributed by atoms with E-state index in [1.807, 2.05) is 36.4 Å². The van der Waals surface area contributed by atoms with Crippen LogP contribution >= 0.6 is 11.6 Å². The van der Waals surface area contributed by atoms with Crippen LogP contribution in [0.3, 0.4) is 0 Å². The van der Waals surface area contributed by atoms with E-state index < -0.39 is 0 Å². The average molecular weight is 377 g/mol. The second-order valence-corrected chi connectivity index (χ2v) is 6.31. The van der Waals surface area contributed by atoms with Gasteiger partial charge in [0.1, 0.15) is 5.69 Å². The molecule has 2 aromatic carbocycles. The van der Waals surface area contributed by atoms with Crippen molar-refractivity contribution in [3.63, 3.8) is 0 Å². The van der Waals surface area contributed by atoms with Crippen molar-refractivity contribution in [2.24, 2.45) is 0 Å². The average Bonchev–Trinajstić information content (AvgIpc) is 2.70. The lowest BCUT2D eigenvalue weighted by atomic mass is 10.1. The third-order valence-electron chi connectivity index (χ3n) is 3.91. The van der Waals surface area contributed by atoms with E-state index in [0.717, 1.165) is 16.9 Å². The molecule has 0 saturated carbocycles. The molecule has 0 aliphatic heterocycles. The molecule has 0 spiro atoms. The predicted octanol–water partition coefficient (Wildman–Crippen LogP) is 4.32.